The number of hydrogen-bond acceptors (Lipinski definition) is 3. The number of aromatic hydroxyl groups is 1. The molecule has 5 nitrogen and oxygen atoms in total. The van der Waals surface area contributed by atoms with Crippen LogP contribution in [0, 0.1) is 0 Å². The molecule has 2 rings (SSSR count). The fourth-order valence-corrected chi connectivity index (χ4v) is 1.79. The van der Waals surface area contributed by atoms with E-state index >= 15 is 0 Å². The van der Waals surface area contributed by atoms with Crippen LogP contribution >= 0.6 is 0 Å². The van der Waals surface area contributed by atoms with Crippen molar-refractivity contribution in [2.75, 3.05) is 6.54 Å². The van der Waals surface area contributed by atoms with Crippen LogP contribution < -0.4 is 5.32 Å². The Hall–Kier alpha value is -2.30. The smallest absolute Gasteiger partial charge is 0.292 e. The number of nitrogens with one attached hydrogen (secondary N) is 2. The number of fused-ring (bicyclic) bond motifs is 1. The summed E-state index contributed by atoms with van der Waals surface area (Å²) in [5.74, 6) is -1.69. The number of hydrogen-bond donors (Lipinski definition) is 3. The summed E-state index contributed by atoms with van der Waals surface area (Å²) in [6.07, 6.45) is 0.749. The fourth-order valence-electron chi connectivity index (χ4n) is 1.79. The first kappa shape index (κ1) is 12.2. The number of rotatable bonds is 4. The van der Waals surface area contributed by atoms with E-state index in [1.54, 1.807) is 24.3 Å². The van der Waals surface area contributed by atoms with Crippen molar-refractivity contribution in [1.29, 1.82) is 0 Å². The molecule has 0 saturated carbocycles. The first-order chi connectivity index (χ1) is 8.65. The molecular formula is C13H14N2O3. The lowest BCUT2D eigenvalue weighted by Gasteiger charge is -2.02. The minimum atomic E-state index is -0.724. The van der Waals surface area contributed by atoms with E-state index in [9.17, 15) is 14.7 Å². The average molecular weight is 246 g/mol. The SMILES string of the molecule is CCCNC(=O)C(=O)c1c(O)[nH]c2ccccc12. The Kier molecular flexibility index (Phi) is 3.32. The van der Waals surface area contributed by atoms with Gasteiger partial charge in [-0.3, -0.25) is 9.59 Å². The van der Waals surface area contributed by atoms with Crippen LogP contribution in [0.3, 0.4) is 0 Å². The van der Waals surface area contributed by atoms with Gasteiger partial charge >= 0.3 is 0 Å². The average Bonchev–Trinajstić information content (AvgIpc) is 2.70. The van der Waals surface area contributed by atoms with Gasteiger partial charge in [-0.1, -0.05) is 25.1 Å². The van der Waals surface area contributed by atoms with E-state index in [4.69, 9.17) is 0 Å². The van der Waals surface area contributed by atoms with Crippen molar-refractivity contribution >= 4 is 22.6 Å². The molecule has 0 spiro atoms. The first-order valence-corrected chi connectivity index (χ1v) is 5.77. The number of Topliss-reactive ketones (excluding diaryl/α,β-unsaturated/α-hetero) is 1. The molecule has 0 aliphatic rings. The Morgan fingerprint density at radius 3 is 2.78 bits per heavy atom. The molecule has 5 heteroatoms. The van der Waals surface area contributed by atoms with Gasteiger partial charge in [0.05, 0.1) is 5.56 Å². The van der Waals surface area contributed by atoms with Gasteiger partial charge < -0.3 is 15.4 Å². The molecule has 0 atom stereocenters. The summed E-state index contributed by atoms with van der Waals surface area (Å²) in [6.45, 7) is 2.33. The minimum absolute atomic E-state index is 0.0270. The van der Waals surface area contributed by atoms with Crippen molar-refractivity contribution in [2.45, 2.75) is 13.3 Å². The molecule has 0 radical (unpaired) electrons. The van der Waals surface area contributed by atoms with Crippen LogP contribution in [0.2, 0.25) is 0 Å². The summed E-state index contributed by atoms with van der Waals surface area (Å²) in [5, 5.41) is 12.8. The number of carbonyl (C=O) groups excluding carboxylic acids is 2. The van der Waals surface area contributed by atoms with Crippen molar-refractivity contribution in [1.82, 2.24) is 10.3 Å². The number of aromatic nitrogens is 1. The summed E-state index contributed by atoms with van der Waals surface area (Å²) >= 11 is 0. The highest BCUT2D eigenvalue weighted by molar-refractivity contribution is 6.45. The number of carbonyl (C=O) groups is 2. The van der Waals surface area contributed by atoms with Crippen LogP contribution in [0.4, 0.5) is 0 Å². The van der Waals surface area contributed by atoms with E-state index in [1.807, 2.05) is 6.92 Å². The molecule has 0 bridgehead atoms. The van der Waals surface area contributed by atoms with Crippen LogP contribution in [0.25, 0.3) is 10.9 Å². The second-order valence-corrected chi connectivity index (χ2v) is 3.98. The normalized spacial score (nSPS) is 10.5. The summed E-state index contributed by atoms with van der Waals surface area (Å²) in [7, 11) is 0. The third kappa shape index (κ3) is 2.07. The van der Waals surface area contributed by atoms with Gasteiger partial charge in [0.1, 0.15) is 0 Å². The maximum absolute atomic E-state index is 12.0. The zero-order valence-electron chi connectivity index (χ0n) is 9.99. The molecule has 0 saturated heterocycles. The van der Waals surface area contributed by atoms with Crippen LogP contribution in [0.15, 0.2) is 24.3 Å². The lowest BCUT2D eigenvalue weighted by Crippen LogP contribution is -2.31. The van der Waals surface area contributed by atoms with Gasteiger partial charge in [0.15, 0.2) is 0 Å². The molecule has 3 N–H and O–H groups in total. The van der Waals surface area contributed by atoms with Crippen LogP contribution in [0.5, 0.6) is 5.88 Å². The van der Waals surface area contributed by atoms with Crippen LogP contribution in [-0.4, -0.2) is 28.3 Å². The van der Waals surface area contributed by atoms with E-state index < -0.39 is 11.7 Å². The van der Waals surface area contributed by atoms with E-state index in [2.05, 4.69) is 10.3 Å². The molecule has 94 valence electrons. The Labute approximate surface area is 104 Å². The van der Waals surface area contributed by atoms with Crippen molar-refractivity contribution < 1.29 is 14.7 Å². The number of H-pyrrole nitrogens is 1. The third-order valence-electron chi connectivity index (χ3n) is 2.66. The van der Waals surface area contributed by atoms with Gasteiger partial charge in [-0.25, -0.2) is 0 Å². The second-order valence-electron chi connectivity index (χ2n) is 3.98. The summed E-state index contributed by atoms with van der Waals surface area (Å²) in [5.41, 5.74) is 0.654. The van der Waals surface area contributed by atoms with E-state index in [1.165, 1.54) is 0 Å². The standard InChI is InChI=1S/C13H14N2O3/c1-2-7-14-13(18)11(16)10-8-5-3-4-6-9(8)15-12(10)17/h3-6,15,17H,2,7H2,1H3,(H,14,18). The highest BCUT2D eigenvalue weighted by Crippen LogP contribution is 2.27. The number of para-hydroxylation sites is 1. The third-order valence-corrected chi connectivity index (χ3v) is 2.66. The maximum atomic E-state index is 12.0. The molecule has 0 fully saturated rings. The molecule has 1 aromatic carbocycles. The Morgan fingerprint density at radius 1 is 1.33 bits per heavy atom. The topological polar surface area (TPSA) is 82.2 Å². The second kappa shape index (κ2) is 4.91. The monoisotopic (exact) mass is 246 g/mol. The summed E-state index contributed by atoms with van der Waals surface area (Å²) in [4.78, 5) is 26.2. The molecule has 0 aliphatic heterocycles. The molecule has 18 heavy (non-hydrogen) atoms. The minimum Gasteiger partial charge on any atom is -0.494 e. The summed E-state index contributed by atoms with van der Waals surface area (Å²) < 4.78 is 0. The van der Waals surface area contributed by atoms with E-state index in [0.717, 1.165) is 6.42 Å². The molecule has 1 amide bonds. The van der Waals surface area contributed by atoms with Crippen molar-refractivity contribution in [3.63, 3.8) is 0 Å². The zero-order valence-corrected chi connectivity index (χ0v) is 9.99. The Bertz CT molecular complexity index is 601. The molecule has 1 heterocycles. The first-order valence-electron chi connectivity index (χ1n) is 5.77. The van der Waals surface area contributed by atoms with Gasteiger partial charge in [0.2, 0.25) is 5.88 Å². The van der Waals surface area contributed by atoms with Gasteiger partial charge in [-0.05, 0) is 12.5 Å². The molecule has 0 unspecified atom stereocenters. The van der Waals surface area contributed by atoms with Crippen molar-refractivity contribution in [3.8, 4) is 5.88 Å². The molecule has 2 aromatic rings. The van der Waals surface area contributed by atoms with Gasteiger partial charge in [-0.15, -0.1) is 0 Å². The highest BCUT2D eigenvalue weighted by Gasteiger charge is 2.23. The lowest BCUT2D eigenvalue weighted by molar-refractivity contribution is -0.117. The molecule has 1 aromatic heterocycles. The van der Waals surface area contributed by atoms with Crippen molar-refractivity contribution in [2.24, 2.45) is 0 Å². The maximum Gasteiger partial charge on any atom is 0.292 e. The van der Waals surface area contributed by atoms with E-state index in [0.29, 0.717) is 17.4 Å². The number of ketones is 1. The van der Waals surface area contributed by atoms with E-state index in [-0.39, 0.29) is 11.4 Å². The Balaban J connectivity index is 2.38. The number of amides is 1. The quantitative estimate of drug-likeness (QED) is 0.566. The zero-order chi connectivity index (χ0) is 13.1. The predicted molar refractivity (Wildman–Crippen MR) is 67.6 cm³/mol. The molecule has 0 aliphatic carbocycles. The van der Waals surface area contributed by atoms with Crippen LogP contribution in [0.1, 0.15) is 23.7 Å². The predicted octanol–water partition coefficient (Wildman–Crippen LogP) is 1.58. The van der Waals surface area contributed by atoms with Gasteiger partial charge in [-0.2, -0.15) is 0 Å². The van der Waals surface area contributed by atoms with Gasteiger partial charge in [0, 0.05) is 17.4 Å². The van der Waals surface area contributed by atoms with Gasteiger partial charge in [0.25, 0.3) is 11.7 Å². The largest absolute Gasteiger partial charge is 0.494 e. The van der Waals surface area contributed by atoms with Crippen LogP contribution in [-0.2, 0) is 4.79 Å². The molecular weight excluding hydrogens is 232 g/mol. The lowest BCUT2D eigenvalue weighted by atomic mass is 10.1. The number of aromatic amines is 1. The Morgan fingerprint density at radius 2 is 2.06 bits per heavy atom. The van der Waals surface area contributed by atoms with Crippen molar-refractivity contribution in [3.05, 3.63) is 29.8 Å². The number of benzene rings is 1. The fraction of sp³-hybridized carbons (Fsp3) is 0.231. The highest BCUT2D eigenvalue weighted by atomic mass is 16.3. The summed E-state index contributed by atoms with van der Waals surface area (Å²) in [6, 6.07) is 6.95.